The summed E-state index contributed by atoms with van der Waals surface area (Å²) >= 11 is 0. The summed E-state index contributed by atoms with van der Waals surface area (Å²) in [5.41, 5.74) is 3.83. The van der Waals surface area contributed by atoms with E-state index in [0.717, 1.165) is 29.7 Å². The van der Waals surface area contributed by atoms with E-state index in [-0.39, 0.29) is 5.91 Å². The number of carbonyl (C=O) groups is 1. The minimum Gasteiger partial charge on any atom is -0.457 e. The van der Waals surface area contributed by atoms with Gasteiger partial charge in [0.05, 0.1) is 11.9 Å². The van der Waals surface area contributed by atoms with E-state index in [2.05, 4.69) is 5.32 Å². The van der Waals surface area contributed by atoms with Crippen LogP contribution in [0.2, 0.25) is 0 Å². The van der Waals surface area contributed by atoms with Gasteiger partial charge in [-0.15, -0.1) is 0 Å². The maximum Gasteiger partial charge on any atom is 0.255 e. The van der Waals surface area contributed by atoms with Crippen molar-refractivity contribution < 1.29 is 17.9 Å². The van der Waals surface area contributed by atoms with Crippen molar-refractivity contribution in [3.63, 3.8) is 0 Å². The first-order chi connectivity index (χ1) is 14.8. The number of ether oxygens (including phenoxy) is 1. The molecular formula is C24H24N2O4S. The third-order valence-electron chi connectivity index (χ3n) is 5.19. The zero-order valence-corrected chi connectivity index (χ0v) is 18.3. The second-order valence-electron chi connectivity index (χ2n) is 7.68. The van der Waals surface area contributed by atoms with Crippen molar-refractivity contribution >= 4 is 27.3 Å². The number of nitrogens with one attached hydrogen (secondary N) is 1. The lowest BCUT2D eigenvalue weighted by molar-refractivity contribution is 0.102. The molecule has 0 aromatic heterocycles. The van der Waals surface area contributed by atoms with Crippen LogP contribution < -0.4 is 14.4 Å². The van der Waals surface area contributed by atoms with Gasteiger partial charge in [0.25, 0.3) is 5.91 Å². The third kappa shape index (κ3) is 4.88. The predicted molar refractivity (Wildman–Crippen MR) is 123 cm³/mol. The molecule has 1 N–H and O–H groups in total. The number of nitrogens with zero attached hydrogens (tertiary/aromatic N) is 1. The molecule has 0 fully saturated rings. The van der Waals surface area contributed by atoms with Gasteiger partial charge in [0, 0.05) is 17.8 Å². The van der Waals surface area contributed by atoms with E-state index in [9.17, 15) is 13.2 Å². The summed E-state index contributed by atoms with van der Waals surface area (Å²) in [5, 5.41) is 2.88. The molecule has 1 amide bonds. The van der Waals surface area contributed by atoms with Crippen molar-refractivity contribution in [3.05, 3.63) is 83.4 Å². The van der Waals surface area contributed by atoms with Crippen molar-refractivity contribution in [1.29, 1.82) is 0 Å². The number of hydrogen-bond donors (Lipinski definition) is 1. The van der Waals surface area contributed by atoms with E-state index < -0.39 is 10.0 Å². The van der Waals surface area contributed by atoms with Crippen molar-refractivity contribution in [2.75, 3.05) is 22.4 Å². The summed E-state index contributed by atoms with van der Waals surface area (Å²) in [6.45, 7) is 2.49. The van der Waals surface area contributed by atoms with Gasteiger partial charge in [-0.3, -0.25) is 9.10 Å². The molecule has 31 heavy (non-hydrogen) atoms. The number of anilines is 2. The average molecular weight is 437 g/mol. The highest BCUT2D eigenvalue weighted by Crippen LogP contribution is 2.30. The topological polar surface area (TPSA) is 75.7 Å². The van der Waals surface area contributed by atoms with E-state index in [1.165, 1.54) is 10.6 Å². The minimum absolute atomic E-state index is 0.244. The van der Waals surface area contributed by atoms with Crippen molar-refractivity contribution in [1.82, 2.24) is 0 Å². The Morgan fingerprint density at radius 3 is 2.26 bits per heavy atom. The van der Waals surface area contributed by atoms with Gasteiger partial charge in [-0.25, -0.2) is 8.42 Å². The van der Waals surface area contributed by atoms with Crippen LogP contribution in [0.4, 0.5) is 11.4 Å². The van der Waals surface area contributed by atoms with Crippen LogP contribution in [0, 0.1) is 6.92 Å². The Morgan fingerprint density at radius 1 is 0.968 bits per heavy atom. The first-order valence-electron chi connectivity index (χ1n) is 10.1. The van der Waals surface area contributed by atoms with E-state index >= 15 is 0 Å². The lowest BCUT2D eigenvalue weighted by atomic mass is 10.0. The molecule has 0 atom stereocenters. The maximum absolute atomic E-state index is 12.7. The molecule has 4 rings (SSSR count). The van der Waals surface area contributed by atoms with Gasteiger partial charge < -0.3 is 10.1 Å². The van der Waals surface area contributed by atoms with Gasteiger partial charge in [-0.05, 0) is 79.9 Å². The van der Waals surface area contributed by atoms with E-state index in [4.69, 9.17) is 4.74 Å². The molecule has 1 heterocycles. The summed E-state index contributed by atoms with van der Waals surface area (Å²) < 4.78 is 31.2. The monoisotopic (exact) mass is 436 g/mol. The summed E-state index contributed by atoms with van der Waals surface area (Å²) in [6.07, 6.45) is 2.68. The summed E-state index contributed by atoms with van der Waals surface area (Å²) in [6, 6.07) is 20.1. The number of rotatable bonds is 5. The molecule has 0 aliphatic carbocycles. The molecule has 3 aromatic carbocycles. The molecule has 7 heteroatoms. The lowest BCUT2D eigenvalue weighted by Gasteiger charge is -2.29. The fourth-order valence-electron chi connectivity index (χ4n) is 3.60. The van der Waals surface area contributed by atoms with Crippen LogP contribution in [0.25, 0.3) is 0 Å². The highest BCUT2D eigenvalue weighted by atomic mass is 32.2. The molecule has 1 aliphatic rings. The van der Waals surface area contributed by atoms with Gasteiger partial charge >= 0.3 is 0 Å². The van der Waals surface area contributed by atoms with E-state index in [0.29, 0.717) is 29.2 Å². The molecule has 0 spiro atoms. The standard InChI is InChI=1S/C24H24N2O4S/c1-17-5-10-21(11-6-17)30-22-12-8-20(9-13-22)25-24(27)19-7-14-23-18(16-19)4-3-15-26(23)31(2,28)29/h5-14,16H,3-4,15H2,1-2H3,(H,25,27). The fraction of sp³-hybridized carbons (Fsp3) is 0.208. The summed E-state index contributed by atoms with van der Waals surface area (Å²) in [7, 11) is -3.33. The Labute approximate surface area is 182 Å². The highest BCUT2D eigenvalue weighted by Gasteiger charge is 2.24. The Balaban J connectivity index is 1.45. The maximum atomic E-state index is 12.7. The average Bonchev–Trinajstić information content (AvgIpc) is 2.75. The van der Waals surface area contributed by atoms with Gasteiger partial charge in [0.15, 0.2) is 0 Å². The first kappa shape index (κ1) is 20.9. The normalized spacial score (nSPS) is 13.4. The van der Waals surface area contributed by atoms with Gasteiger partial charge in [-0.1, -0.05) is 17.7 Å². The van der Waals surface area contributed by atoms with Gasteiger partial charge in [-0.2, -0.15) is 0 Å². The molecular weight excluding hydrogens is 412 g/mol. The van der Waals surface area contributed by atoms with Crippen molar-refractivity contribution in [2.24, 2.45) is 0 Å². The molecule has 1 aliphatic heterocycles. The molecule has 0 radical (unpaired) electrons. The zero-order chi connectivity index (χ0) is 22.0. The van der Waals surface area contributed by atoms with Gasteiger partial charge in [0.1, 0.15) is 11.5 Å². The number of carbonyl (C=O) groups excluding carboxylic acids is 1. The van der Waals surface area contributed by atoms with E-state index in [1.54, 1.807) is 42.5 Å². The number of benzene rings is 3. The molecule has 0 bridgehead atoms. The van der Waals surface area contributed by atoms with Crippen LogP contribution in [0.1, 0.15) is 27.9 Å². The van der Waals surface area contributed by atoms with Crippen LogP contribution in [-0.4, -0.2) is 27.1 Å². The number of sulfonamides is 1. The predicted octanol–water partition coefficient (Wildman–Crippen LogP) is 4.75. The third-order valence-corrected chi connectivity index (χ3v) is 6.37. The molecule has 0 saturated carbocycles. The van der Waals surface area contributed by atoms with Crippen LogP contribution in [-0.2, 0) is 16.4 Å². The molecule has 6 nitrogen and oxygen atoms in total. The Morgan fingerprint density at radius 2 is 1.61 bits per heavy atom. The first-order valence-corrected chi connectivity index (χ1v) is 11.9. The second-order valence-corrected chi connectivity index (χ2v) is 9.58. The zero-order valence-electron chi connectivity index (χ0n) is 17.5. The molecule has 0 unspecified atom stereocenters. The Bertz CT molecular complexity index is 1200. The second kappa shape index (κ2) is 8.43. The fourth-order valence-corrected chi connectivity index (χ4v) is 4.60. The number of hydrogen-bond acceptors (Lipinski definition) is 4. The summed E-state index contributed by atoms with van der Waals surface area (Å²) in [4.78, 5) is 12.7. The minimum atomic E-state index is -3.33. The number of amides is 1. The number of fused-ring (bicyclic) bond motifs is 1. The Hall–Kier alpha value is -3.32. The molecule has 160 valence electrons. The quantitative estimate of drug-likeness (QED) is 0.626. The van der Waals surface area contributed by atoms with Crippen LogP contribution in [0.5, 0.6) is 11.5 Å². The van der Waals surface area contributed by atoms with Crippen molar-refractivity contribution in [3.8, 4) is 11.5 Å². The van der Waals surface area contributed by atoms with Crippen LogP contribution in [0.3, 0.4) is 0 Å². The highest BCUT2D eigenvalue weighted by molar-refractivity contribution is 7.92. The van der Waals surface area contributed by atoms with E-state index in [1.807, 2.05) is 31.2 Å². The van der Waals surface area contributed by atoms with Gasteiger partial charge in [0.2, 0.25) is 10.0 Å². The lowest BCUT2D eigenvalue weighted by Crippen LogP contribution is -2.34. The largest absolute Gasteiger partial charge is 0.457 e. The summed E-state index contributed by atoms with van der Waals surface area (Å²) in [5.74, 6) is 1.18. The molecule has 3 aromatic rings. The smallest absolute Gasteiger partial charge is 0.255 e. The Kier molecular flexibility index (Phi) is 5.69. The van der Waals surface area contributed by atoms with Crippen molar-refractivity contribution in [2.45, 2.75) is 19.8 Å². The molecule has 0 saturated heterocycles. The van der Waals surface area contributed by atoms with Crippen LogP contribution >= 0.6 is 0 Å². The van der Waals surface area contributed by atoms with Crippen LogP contribution in [0.15, 0.2) is 66.7 Å². The number of aryl methyl sites for hydroxylation is 2. The SMILES string of the molecule is Cc1ccc(Oc2ccc(NC(=O)c3ccc4c(c3)CCCN4S(C)(=O)=O)cc2)cc1.